The number of ether oxygens (including phenoxy) is 1. The van der Waals surface area contributed by atoms with E-state index < -0.39 is 23.2 Å². The van der Waals surface area contributed by atoms with E-state index in [9.17, 15) is 18.9 Å². The van der Waals surface area contributed by atoms with E-state index in [0.717, 1.165) is 25.0 Å². The highest BCUT2D eigenvalue weighted by Crippen LogP contribution is 2.40. The molecule has 2 aliphatic rings. The lowest BCUT2D eigenvalue weighted by Crippen LogP contribution is -2.30. The van der Waals surface area contributed by atoms with Crippen molar-refractivity contribution in [2.75, 3.05) is 6.54 Å². The van der Waals surface area contributed by atoms with Crippen LogP contribution in [0.3, 0.4) is 0 Å². The molecule has 13 heteroatoms. The molecule has 1 saturated carbocycles. The zero-order valence-electron chi connectivity index (χ0n) is 16.9. The number of benzene rings is 1. The standard InChI is InChI=1S/C19H20F2N8O3/c1-2-3-8-19(24-25-19)9-10-22-16(17-23-26-27-28(17)12-4-5-12)14-11-13(29(30)31)6-7-15(14)32-18(20)21/h1,6-7,11-12,16,18,22H,3-5,8-10H2. The molecule has 1 unspecified atom stereocenters. The molecule has 2 aromatic rings. The van der Waals surface area contributed by atoms with Crippen molar-refractivity contribution < 1.29 is 18.4 Å². The van der Waals surface area contributed by atoms with Crippen molar-refractivity contribution in [1.29, 1.82) is 0 Å². The van der Waals surface area contributed by atoms with Gasteiger partial charge in [0.15, 0.2) is 11.5 Å². The van der Waals surface area contributed by atoms with E-state index in [0.29, 0.717) is 31.6 Å². The largest absolute Gasteiger partial charge is 0.434 e. The molecule has 0 bridgehead atoms. The van der Waals surface area contributed by atoms with Gasteiger partial charge in [-0.1, -0.05) is 0 Å². The summed E-state index contributed by atoms with van der Waals surface area (Å²) in [6.07, 6.45) is 8.72. The minimum Gasteiger partial charge on any atom is -0.434 e. The average molecular weight is 446 g/mol. The highest BCUT2D eigenvalue weighted by atomic mass is 19.3. The molecule has 0 amide bonds. The third-order valence-electron chi connectivity index (χ3n) is 5.33. The maximum Gasteiger partial charge on any atom is 0.387 e. The van der Waals surface area contributed by atoms with Gasteiger partial charge in [-0.2, -0.15) is 19.0 Å². The van der Waals surface area contributed by atoms with Gasteiger partial charge in [-0.15, -0.1) is 17.4 Å². The van der Waals surface area contributed by atoms with Gasteiger partial charge in [0.25, 0.3) is 5.69 Å². The van der Waals surface area contributed by atoms with E-state index in [1.807, 2.05) is 0 Å². The second kappa shape index (κ2) is 8.91. The number of nitro benzene ring substituents is 1. The highest BCUT2D eigenvalue weighted by Gasteiger charge is 2.39. The Kier molecular flexibility index (Phi) is 6.04. The first kappa shape index (κ1) is 21.7. The lowest BCUT2D eigenvalue weighted by molar-refractivity contribution is -0.385. The van der Waals surface area contributed by atoms with Crippen LogP contribution in [-0.2, 0) is 0 Å². The van der Waals surface area contributed by atoms with Crippen LogP contribution in [0.5, 0.6) is 5.75 Å². The van der Waals surface area contributed by atoms with Crippen molar-refractivity contribution in [2.24, 2.45) is 10.2 Å². The average Bonchev–Trinajstić information content (AvgIpc) is 3.69. The van der Waals surface area contributed by atoms with Gasteiger partial charge in [-0.25, -0.2) is 4.68 Å². The molecule has 1 aromatic heterocycles. The summed E-state index contributed by atoms with van der Waals surface area (Å²) in [5, 5.41) is 34.6. The number of nitrogens with zero attached hydrogens (tertiary/aromatic N) is 7. The van der Waals surface area contributed by atoms with Crippen molar-refractivity contribution in [3.05, 3.63) is 39.7 Å². The first-order valence-corrected chi connectivity index (χ1v) is 10.0. The first-order chi connectivity index (χ1) is 15.4. The molecule has 1 aromatic carbocycles. The third kappa shape index (κ3) is 4.86. The molecule has 2 heterocycles. The minimum absolute atomic E-state index is 0.0952. The predicted octanol–water partition coefficient (Wildman–Crippen LogP) is 3.16. The Hall–Kier alpha value is -3.53. The summed E-state index contributed by atoms with van der Waals surface area (Å²) in [5.74, 6) is 2.72. The zero-order valence-corrected chi connectivity index (χ0v) is 16.9. The SMILES string of the molecule is C#CCCC1(CCNC(c2cc([N+](=O)[O-])ccc2OC(F)F)c2nnnn2C2CC2)N=N1. The lowest BCUT2D eigenvalue weighted by Gasteiger charge is -2.22. The minimum atomic E-state index is -3.11. The second-order valence-electron chi connectivity index (χ2n) is 7.59. The van der Waals surface area contributed by atoms with E-state index in [2.05, 4.69) is 41.7 Å². The number of non-ortho nitro benzene ring substituents is 1. The molecule has 1 aliphatic heterocycles. The van der Waals surface area contributed by atoms with Crippen LogP contribution in [0.2, 0.25) is 0 Å². The first-order valence-electron chi connectivity index (χ1n) is 10.0. The molecule has 4 rings (SSSR count). The summed E-state index contributed by atoms with van der Waals surface area (Å²) >= 11 is 0. The van der Waals surface area contributed by atoms with E-state index in [4.69, 9.17) is 6.42 Å². The van der Waals surface area contributed by atoms with E-state index in [1.165, 1.54) is 6.07 Å². The van der Waals surface area contributed by atoms with E-state index in [-0.39, 0.29) is 23.0 Å². The zero-order chi connectivity index (χ0) is 22.7. The van der Waals surface area contributed by atoms with Gasteiger partial charge in [0.1, 0.15) is 5.75 Å². The molecule has 1 atom stereocenters. The van der Waals surface area contributed by atoms with Crippen molar-refractivity contribution in [3.63, 3.8) is 0 Å². The molecule has 1 fully saturated rings. The number of alkyl halides is 2. The Morgan fingerprint density at radius 3 is 2.78 bits per heavy atom. The van der Waals surface area contributed by atoms with Gasteiger partial charge in [0, 0.05) is 43.5 Å². The smallest absolute Gasteiger partial charge is 0.387 e. The number of terminal acetylenes is 1. The fraction of sp³-hybridized carbons (Fsp3) is 0.526. The normalized spacial score (nSPS) is 17.2. The number of nitro groups is 1. The molecule has 11 nitrogen and oxygen atoms in total. The number of tetrazole rings is 1. The lowest BCUT2D eigenvalue weighted by atomic mass is 10.0. The van der Waals surface area contributed by atoms with Crippen LogP contribution in [0.4, 0.5) is 14.5 Å². The van der Waals surface area contributed by atoms with Gasteiger partial charge in [-0.3, -0.25) is 10.1 Å². The van der Waals surface area contributed by atoms with Crippen molar-refractivity contribution in [1.82, 2.24) is 25.5 Å². The maximum absolute atomic E-state index is 13.1. The number of rotatable bonds is 12. The maximum atomic E-state index is 13.1. The van der Waals surface area contributed by atoms with Crippen molar-refractivity contribution >= 4 is 5.69 Å². The molecule has 0 spiro atoms. The summed E-state index contributed by atoms with van der Waals surface area (Å²) in [6, 6.07) is 2.72. The third-order valence-corrected chi connectivity index (χ3v) is 5.33. The molecule has 0 radical (unpaired) electrons. The predicted molar refractivity (Wildman–Crippen MR) is 106 cm³/mol. The monoisotopic (exact) mass is 446 g/mol. The van der Waals surface area contributed by atoms with Crippen molar-refractivity contribution in [3.8, 4) is 18.1 Å². The Morgan fingerprint density at radius 2 is 2.16 bits per heavy atom. The number of nitrogens with one attached hydrogen (secondary N) is 1. The molecule has 0 saturated heterocycles. The summed E-state index contributed by atoms with van der Waals surface area (Å²) in [7, 11) is 0. The molecule has 168 valence electrons. The molecule has 32 heavy (non-hydrogen) atoms. The fourth-order valence-corrected chi connectivity index (χ4v) is 3.47. The van der Waals surface area contributed by atoms with Crippen LogP contribution in [-0.4, -0.2) is 43.9 Å². The van der Waals surface area contributed by atoms with E-state index >= 15 is 0 Å². The van der Waals surface area contributed by atoms with Crippen LogP contribution in [0.15, 0.2) is 28.4 Å². The quantitative estimate of drug-likeness (QED) is 0.301. The number of hydrogen-bond donors (Lipinski definition) is 1. The number of aromatic nitrogens is 4. The number of hydrogen-bond acceptors (Lipinski definition) is 9. The van der Waals surface area contributed by atoms with Gasteiger partial charge in [-0.05, 0) is 29.3 Å². The van der Waals surface area contributed by atoms with Gasteiger partial charge < -0.3 is 10.1 Å². The van der Waals surface area contributed by atoms with Gasteiger partial charge in [0.2, 0.25) is 0 Å². The Balaban J connectivity index is 1.64. The van der Waals surface area contributed by atoms with Crippen LogP contribution in [0.25, 0.3) is 0 Å². The van der Waals surface area contributed by atoms with Gasteiger partial charge >= 0.3 is 6.61 Å². The summed E-state index contributed by atoms with van der Waals surface area (Å²) < 4.78 is 32.4. The van der Waals surface area contributed by atoms with Crippen molar-refractivity contribution in [2.45, 2.75) is 56.5 Å². The molecule has 1 N–H and O–H groups in total. The van der Waals surface area contributed by atoms with E-state index in [1.54, 1.807) is 4.68 Å². The van der Waals surface area contributed by atoms with Crippen LogP contribution < -0.4 is 10.1 Å². The van der Waals surface area contributed by atoms with Gasteiger partial charge in [0.05, 0.1) is 17.0 Å². The Morgan fingerprint density at radius 1 is 1.38 bits per heavy atom. The number of halogens is 2. The fourth-order valence-electron chi connectivity index (χ4n) is 3.47. The highest BCUT2D eigenvalue weighted by molar-refractivity contribution is 5.47. The van der Waals surface area contributed by atoms with Crippen LogP contribution >= 0.6 is 0 Å². The topological polar surface area (TPSA) is 133 Å². The second-order valence-corrected chi connectivity index (χ2v) is 7.59. The molecule has 1 aliphatic carbocycles. The Labute approximate surface area is 181 Å². The molecular weight excluding hydrogens is 426 g/mol. The Bertz CT molecular complexity index is 1060. The molecular formula is C19H20F2N8O3. The summed E-state index contributed by atoms with van der Waals surface area (Å²) in [6.45, 7) is -2.75. The summed E-state index contributed by atoms with van der Waals surface area (Å²) in [5.41, 5.74) is -0.688. The van der Waals surface area contributed by atoms with Crippen LogP contribution in [0.1, 0.15) is 55.6 Å². The van der Waals surface area contributed by atoms with Crippen LogP contribution in [0, 0.1) is 22.5 Å². The summed E-state index contributed by atoms with van der Waals surface area (Å²) in [4.78, 5) is 10.7.